The van der Waals surface area contributed by atoms with Crippen LogP contribution >= 0.6 is 0 Å². The van der Waals surface area contributed by atoms with Crippen LogP contribution in [0.4, 0.5) is 22.0 Å². The number of nitrogens with zero attached hydrogens (tertiary/aromatic N) is 1. The molecule has 2 heterocycles. The van der Waals surface area contributed by atoms with Gasteiger partial charge < -0.3 is 10.6 Å². The molecule has 0 amide bonds. The molecule has 1 aromatic heterocycles. The number of halogens is 5. The first-order valence-corrected chi connectivity index (χ1v) is 9.35. The van der Waals surface area contributed by atoms with E-state index in [2.05, 4.69) is 22.5 Å². The van der Waals surface area contributed by atoms with Crippen molar-refractivity contribution in [2.24, 2.45) is 0 Å². The number of rotatable bonds is 5. The highest BCUT2D eigenvalue weighted by molar-refractivity contribution is 5.62. The van der Waals surface area contributed by atoms with Gasteiger partial charge in [-0.25, -0.2) is 8.78 Å². The van der Waals surface area contributed by atoms with Crippen molar-refractivity contribution in [3.05, 3.63) is 64.6 Å². The molecule has 0 saturated heterocycles. The van der Waals surface area contributed by atoms with Gasteiger partial charge in [-0.3, -0.25) is 4.98 Å². The Balaban J connectivity index is 1.89. The van der Waals surface area contributed by atoms with E-state index in [1.807, 2.05) is 6.20 Å². The third-order valence-electron chi connectivity index (χ3n) is 4.96. The van der Waals surface area contributed by atoms with Crippen molar-refractivity contribution >= 4 is 0 Å². The normalized spacial score (nSPS) is 17.7. The van der Waals surface area contributed by atoms with E-state index in [1.165, 1.54) is 6.92 Å². The molecule has 2 atom stereocenters. The first kappa shape index (κ1) is 21.1. The maximum Gasteiger partial charge on any atom is 0.416 e. The zero-order chi connectivity index (χ0) is 21.3. The topological polar surface area (TPSA) is 37.0 Å². The van der Waals surface area contributed by atoms with Crippen molar-refractivity contribution in [2.45, 2.75) is 51.9 Å². The van der Waals surface area contributed by atoms with Crippen molar-refractivity contribution in [3.8, 4) is 11.3 Å². The van der Waals surface area contributed by atoms with E-state index >= 15 is 0 Å². The zero-order valence-corrected chi connectivity index (χ0v) is 16.3. The number of hydrogen-bond acceptors (Lipinski definition) is 3. The van der Waals surface area contributed by atoms with Crippen molar-refractivity contribution in [1.29, 1.82) is 0 Å². The highest BCUT2D eigenvalue weighted by Gasteiger charge is 2.32. The Hall–Kier alpha value is -2.64. The molecule has 3 nitrogen and oxygen atoms in total. The average Bonchev–Trinajstić information content (AvgIpc) is 3.09. The summed E-state index contributed by atoms with van der Waals surface area (Å²) < 4.78 is 68.6. The first-order chi connectivity index (χ1) is 13.6. The summed E-state index contributed by atoms with van der Waals surface area (Å²) in [5.41, 5.74) is -0.459. The molecule has 0 bridgehead atoms. The van der Waals surface area contributed by atoms with Gasteiger partial charge in [-0.2, -0.15) is 13.2 Å². The zero-order valence-electron chi connectivity index (χ0n) is 16.3. The van der Waals surface area contributed by atoms with Crippen molar-refractivity contribution in [2.75, 3.05) is 0 Å². The predicted octanol–water partition coefficient (Wildman–Crippen LogP) is 5.62. The quantitative estimate of drug-likeness (QED) is 0.628. The Labute approximate surface area is 166 Å². The molecule has 2 aromatic rings. The Morgan fingerprint density at radius 1 is 1.17 bits per heavy atom. The van der Waals surface area contributed by atoms with Crippen LogP contribution in [0, 0.1) is 18.6 Å². The third kappa shape index (κ3) is 4.68. The maximum absolute atomic E-state index is 14.7. The molecule has 0 fully saturated rings. The summed E-state index contributed by atoms with van der Waals surface area (Å²) >= 11 is 0. The number of hydrogen-bond donors (Lipinski definition) is 2. The van der Waals surface area contributed by atoms with E-state index in [1.54, 1.807) is 6.92 Å². The van der Waals surface area contributed by atoms with E-state index in [9.17, 15) is 22.0 Å². The summed E-state index contributed by atoms with van der Waals surface area (Å²) in [6.07, 6.45) is -1.08. The lowest BCUT2D eigenvalue weighted by Crippen LogP contribution is -2.20. The highest BCUT2D eigenvalue weighted by atomic mass is 19.4. The number of alkyl halides is 3. The Kier molecular flexibility index (Phi) is 5.82. The van der Waals surface area contributed by atoms with E-state index < -0.39 is 29.4 Å². The number of benzene rings is 1. The van der Waals surface area contributed by atoms with Crippen molar-refractivity contribution in [1.82, 2.24) is 15.6 Å². The summed E-state index contributed by atoms with van der Waals surface area (Å²) in [7, 11) is 0. The summed E-state index contributed by atoms with van der Waals surface area (Å²) in [6, 6.07) is 3.31. The van der Waals surface area contributed by atoms with Crippen LogP contribution in [-0.2, 0) is 6.18 Å². The van der Waals surface area contributed by atoms with Gasteiger partial charge in [0.05, 0.1) is 17.3 Å². The van der Waals surface area contributed by atoms with Gasteiger partial charge in [0.2, 0.25) is 0 Å². The Bertz CT molecular complexity index is 937. The lowest BCUT2D eigenvalue weighted by Gasteiger charge is -2.19. The molecule has 0 aliphatic carbocycles. The van der Waals surface area contributed by atoms with Gasteiger partial charge in [0, 0.05) is 41.2 Å². The number of aryl methyl sites for hydroxylation is 1. The highest BCUT2D eigenvalue weighted by Crippen LogP contribution is 2.34. The van der Waals surface area contributed by atoms with Crippen LogP contribution < -0.4 is 10.6 Å². The number of aromatic nitrogens is 1. The monoisotopic (exact) mass is 411 g/mol. The minimum atomic E-state index is -4.60. The smallest absolute Gasteiger partial charge is 0.386 e. The lowest BCUT2D eigenvalue weighted by atomic mass is 10.0. The molecule has 2 N–H and O–H groups in total. The molecule has 156 valence electrons. The largest absolute Gasteiger partial charge is 0.416 e. The van der Waals surface area contributed by atoms with Crippen molar-refractivity contribution < 1.29 is 22.0 Å². The second-order valence-corrected chi connectivity index (χ2v) is 7.25. The van der Waals surface area contributed by atoms with Gasteiger partial charge in [0.1, 0.15) is 11.6 Å². The van der Waals surface area contributed by atoms with Gasteiger partial charge in [-0.15, -0.1) is 0 Å². The maximum atomic E-state index is 14.7. The van der Waals surface area contributed by atoms with Crippen LogP contribution in [0.2, 0.25) is 0 Å². The van der Waals surface area contributed by atoms with Gasteiger partial charge in [-0.1, -0.05) is 6.92 Å². The molecule has 0 spiro atoms. The van der Waals surface area contributed by atoms with E-state index in [0.29, 0.717) is 6.04 Å². The molecule has 8 heteroatoms. The molecule has 0 saturated carbocycles. The standard InChI is InChI=1S/C21H22F5N3/c1-4-14-7-15(10-27-14)29-12(3)16-8-19(23)17(9-18(16)22)20-6-13(21(24,25)26)5-11(2)28-20/h5-6,8-10,12,14,27,29H,4,7H2,1-3H3/t12?,14-/m0/s1. The van der Waals surface area contributed by atoms with Gasteiger partial charge in [-0.05, 0) is 44.5 Å². The summed E-state index contributed by atoms with van der Waals surface area (Å²) in [5.74, 6) is -1.54. The van der Waals surface area contributed by atoms with E-state index in [4.69, 9.17) is 0 Å². The van der Waals surface area contributed by atoms with Crippen LogP contribution in [0.15, 0.2) is 36.2 Å². The Morgan fingerprint density at radius 3 is 2.52 bits per heavy atom. The lowest BCUT2D eigenvalue weighted by molar-refractivity contribution is -0.137. The summed E-state index contributed by atoms with van der Waals surface area (Å²) in [4.78, 5) is 3.96. The molecular weight excluding hydrogens is 389 g/mol. The predicted molar refractivity (Wildman–Crippen MR) is 101 cm³/mol. The molecule has 1 unspecified atom stereocenters. The second kappa shape index (κ2) is 8.00. The molecule has 1 aliphatic rings. The van der Waals surface area contributed by atoms with Gasteiger partial charge in [0.25, 0.3) is 0 Å². The minimum absolute atomic E-state index is 0.0693. The molecule has 29 heavy (non-hydrogen) atoms. The second-order valence-electron chi connectivity index (χ2n) is 7.25. The average molecular weight is 411 g/mol. The molecule has 3 rings (SSSR count). The molecule has 0 radical (unpaired) electrons. The first-order valence-electron chi connectivity index (χ1n) is 9.35. The van der Waals surface area contributed by atoms with Crippen LogP contribution in [0.1, 0.15) is 49.6 Å². The van der Waals surface area contributed by atoms with Crippen LogP contribution in [0.3, 0.4) is 0 Å². The summed E-state index contributed by atoms with van der Waals surface area (Å²) in [6.45, 7) is 5.12. The Morgan fingerprint density at radius 2 is 1.90 bits per heavy atom. The fourth-order valence-corrected chi connectivity index (χ4v) is 3.38. The molecule has 1 aliphatic heterocycles. The van der Waals surface area contributed by atoms with Gasteiger partial charge in [0.15, 0.2) is 0 Å². The van der Waals surface area contributed by atoms with Crippen LogP contribution in [-0.4, -0.2) is 11.0 Å². The van der Waals surface area contributed by atoms with Crippen LogP contribution in [0.5, 0.6) is 0 Å². The molecular formula is C21H22F5N3. The van der Waals surface area contributed by atoms with Gasteiger partial charge >= 0.3 is 6.18 Å². The third-order valence-corrected chi connectivity index (χ3v) is 4.96. The summed E-state index contributed by atoms with van der Waals surface area (Å²) in [5, 5.41) is 6.35. The van der Waals surface area contributed by atoms with E-state index in [0.717, 1.165) is 42.8 Å². The van der Waals surface area contributed by atoms with Crippen LogP contribution in [0.25, 0.3) is 11.3 Å². The fraction of sp³-hybridized carbons (Fsp3) is 0.381. The van der Waals surface area contributed by atoms with Crippen molar-refractivity contribution in [3.63, 3.8) is 0 Å². The fourth-order valence-electron chi connectivity index (χ4n) is 3.38. The number of nitrogens with one attached hydrogen (secondary N) is 2. The molecule has 1 aromatic carbocycles. The minimum Gasteiger partial charge on any atom is -0.386 e. The number of pyridine rings is 1. The SMILES string of the molecule is CC[C@H]1CC(NC(C)c2cc(F)c(-c3cc(C(F)(F)F)cc(C)n3)cc2F)=CN1. The van der Waals surface area contributed by atoms with E-state index in [-0.39, 0.29) is 22.5 Å².